The number of nitrogens with one attached hydrogen (secondary N) is 2. The predicted octanol–water partition coefficient (Wildman–Crippen LogP) is 1.80. The first kappa shape index (κ1) is 13.8. The minimum absolute atomic E-state index is 0.102. The van der Waals surface area contributed by atoms with Crippen LogP contribution >= 0.6 is 0 Å². The number of hydrogen-bond acceptors (Lipinski definition) is 3. The van der Waals surface area contributed by atoms with Crippen LogP contribution in [-0.4, -0.2) is 24.9 Å². The average Bonchev–Trinajstić information content (AvgIpc) is 2.85. The standard InChI is InChI=1S/C13H17N3O2S/c1-10(12-6-4-3-5-7-12)8-15-19(17,18)13-9-14-11(2)16-13/h3-7,9-10,15H,8H2,1-2H3,(H,14,16). The number of hydrogen-bond donors (Lipinski definition) is 2. The van der Waals surface area contributed by atoms with E-state index in [-0.39, 0.29) is 10.9 Å². The van der Waals surface area contributed by atoms with Crippen molar-refractivity contribution < 1.29 is 8.42 Å². The Morgan fingerprint density at radius 3 is 2.58 bits per heavy atom. The van der Waals surface area contributed by atoms with Gasteiger partial charge in [0, 0.05) is 6.54 Å². The van der Waals surface area contributed by atoms with Crippen molar-refractivity contribution in [2.45, 2.75) is 24.8 Å². The molecule has 0 amide bonds. The van der Waals surface area contributed by atoms with E-state index in [0.717, 1.165) is 5.56 Å². The summed E-state index contributed by atoms with van der Waals surface area (Å²) >= 11 is 0. The van der Waals surface area contributed by atoms with Crippen molar-refractivity contribution >= 4 is 10.0 Å². The van der Waals surface area contributed by atoms with Crippen LogP contribution in [0.3, 0.4) is 0 Å². The van der Waals surface area contributed by atoms with Gasteiger partial charge in [-0.05, 0) is 18.4 Å². The van der Waals surface area contributed by atoms with Gasteiger partial charge in [0.2, 0.25) is 0 Å². The Morgan fingerprint density at radius 2 is 2.00 bits per heavy atom. The number of imidazole rings is 1. The predicted molar refractivity (Wildman–Crippen MR) is 73.4 cm³/mol. The summed E-state index contributed by atoms with van der Waals surface area (Å²) in [7, 11) is -3.51. The fourth-order valence-corrected chi connectivity index (χ4v) is 2.85. The van der Waals surface area contributed by atoms with Gasteiger partial charge in [0.05, 0.1) is 6.20 Å². The topological polar surface area (TPSA) is 74.8 Å². The van der Waals surface area contributed by atoms with Crippen molar-refractivity contribution in [1.29, 1.82) is 0 Å². The summed E-state index contributed by atoms with van der Waals surface area (Å²) in [6.07, 6.45) is 1.32. The van der Waals surface area contributed by atoms with Crippen LogP contribution in [0.15, 0.2) is 41.6 Å². The molecule has 0 saturated carbocycles. The van der Waals surface area contributed by atoms with Crippen LogP contribution in [0.4, 0.5) is 0 Å². The van der Waals surface area contributed by atoms with E-state index in [1.807, 2.05) is 37.3 Å². The lowest BCUT2D eigenvalue weighted by molar-refractivity contribution is 0.571. The zero-order chi connectivity index (χ0) is 13.9. The molecule has 1 atom stereocenters. The van der Waals surface area contributed by atoms with E-state index in [4.69, 9.17) is 0 Å². The molecule has 1 heterocycles. The van der Waals surface area contributed by atoms with Crippen LogP contribution in [-0.2, 0) is 10.0 Å². The Bertz CT molecular complexity index is 635. The molecule has 0 aliphatic carbocycles. The summed E-state index contributed by atoms with van der Waals surface area (Å²) in [6.45, 7) is 4.05. The van der Waals surface area contributed by atoms with E-state index in [1.165, 1.54) is 6.20 Å². The molecule has 0 saturated heterocycles. The van der Waals surface area contributed by atoms with Crippen LogP contribution in [0, 0.1) is 6.92 Å². The maximum atomic E-state index is 12.0. The van der Waals surface area contributed by atoms with E-state index in [0.29, 0.717) is 12.4 Å². The third-order valence-corrected chi connectivity index (χ3v) is 4.25. The number of benzene rings is 1. The molecule has 0 bridgehead atoms. The highest BCUT2D eigenvalue weighted by Gasteiger charge is 2.17. The zero-order valence-electron chi connectivity index (χ0n) is 10.9. The Labute approximate surface area is 113 Å². The summed E-state index contributed by atoms with van der Waals surface area (Å²) < 4.78 is 26.6. The molecule has 1 aromatic carbocycles. The maximum absolute atomic E-state index is 12.0. The molecule has 0 fully saturated rings. The lowest BCUT2D eigenvalue weighted by atomic mass is 10.0. The molecular weight excluding hydrogens is 262 g/mol. The third kappa shape index (κ3) is 3.42. The average molecular weight is 279 g/mol. The molecular formula is C13H17N3O2S. The molecule has 2 rings (SSSR count). The second kappa shape index (κ2) is 5.54. The molecule has 0 aliphatic heterocycles. The normalized spacial score (nSPS) is 13.4. The van der Waals surface area contributed by atoms with Crippen molar-refractivity contribution in [3.05, 3.63) is 47.9 Å². The zero-order valence-corrected chi connectivity index (χ0v) is 11.7. The third-order valence-electron chi connectivity index (χ3n) is 2.92. The Balaban J connectivity index is 2.03. The van der Waals surface area contributed by atoms with Gasteiger partial charge in [-0.2, -0.15) is 0 Å². The lowest BCUT2D eigenvalue weighted by Crippen LogP contribution is -2.28. The highest BCUT2D eigenvalue weighted by Crippen LogP contribution is 2.14. The van der Waals surface area contributed by atoms with Gasteiger partial charge in [-0.1, -0.05) is 37.3 Å². The number of H-pyrrole nitrogens is 1. The number of sulfonamides is 1. The summed E-state index contributed by atoms with van der Waals surface area (Å²) in [5, 5.41) is 0.102. The molecule has 6 heteroatoms. The van der Waals surface area contributed by atoms with E-state index in [2.05, 4.69) is 14.7 Å². The van der Waals surface area contributed by atoms with Crippen molar-refractivity contribution in [2.24, 2.45) is 0 Å². The van der Waals surface area contributed by atoms with Crippen LogP contribution < -0.4 is 4.72 Å². The van der Waals surface area contributed by atoms with Gasteiger partial charge >= 0.3 is 0 Å². The molecule has 1 aromatic heterocycles. The van der Waals surface area contributed by atoms with Crippen molar-refractivity contribution in [3.8, 4) is 0 Å². The first-order valence-electron chi connectivity index (χ1n) is 6.05. The van der Waals surface area contributed by atoms with Crippen molar-refractivity contribution in [3.63, 3.8) is 0 Å². The first-order valence-corrected chi connectivity index (χ1v) is 7.53. The highest BCUT2D eigenvalue weighted by molar-refractivity contribution is 7.89. The molecule has 102 valence electrons. The smallest absolute Gasteiger partial charge is 0.257 e. The highest BCUT2D eigenvalue weighted by atomic mass is 32.2. The molecule has 1 unspecified atom stereocenters. The Kier molecular flexibility index (Phi) is 4.01. The van der Waals surface area contributed by atoms with Gasteiger partial charge in [-0.3, -0.25) is 0 Å². The summed E-state index contributed by atoms with van der Waals surface area (Å²) in [5.74, 6) is 0.691. The largest absolute Gasteiger partial charge is 0.332 e. The molecule has 19 heavy (non-hydrogen) atoms. The van der Waals surface area contributed by atoms with Crippen molar-refractivity contribution in [2.75, 3.05) is 6.54 Å². The Hall–Kier alpha value is -1.66. The molecule has 2 aromatic rings. The second-order valence-electron chi connectivity index (χ2n) is 4.50. The first-order chi connectivity index (χ1) is 8.99. The minimum atomic E-state index is -3.51. The molecule has 0 spiro atoms. The van der Waals surface area contributed by atoms with Crippen LogP contribution in [0.2, 0.25) is 0 Å². The minimum Gasteiger partial charge on any atom is -0.332 e. The molecule has 2 N–H and O–H groups in total. The van der Waals surface area contributed by atoms with Crippen LogP contribution in [0.5, 0.6) is 0 Å². The van der Waals surface area contributed by atoms with E-state index in [9.17, 15) is 8.42 Å². The fourth-order valence-electron chi connectivity index (χ4n) is 1.75. The fraction of sp³-hybridized carbons (Fsp3) is 0.308. The van der Waals surface area contributed by atoms with Gasteiger partial charge in [-0.15, -0.1) is 0 Å². The van der Waals surface area contributed by atoms with Crippen LogP contribution in [0.1, 0.15) is 24.2 Å². The number of aromatic nitrogens is 2. The van der Waals surface area contributed by atoms with Crippen molar-refractivity contribution in [1.82, 2.24) is 14.7 Å². The molecule has 5 nitrogen and oxygen atoms in total. The summed E-state index contributed by atoms with van der Waals surface area (Å²) in [6, 6.07) is 9.80. The van der Waals surface area contributed by atoms with Gasteiger partial charge in [0.15, 0.2) is 5.03 Å². The van der Waals surface area contributed by atoms with Gasteiger partial charge in [0.25, 0.3) is 10.0 Å². The number of nitrogens with zero attached hydrogens (tertiary/aromatic N) is 1. The second-order valence-corrected chi connectivity index (χ2v) is 6.23. The van der Waals surface area contributed by atoms with E-state index in [1.54, 1.807) is 6.92 Å². The Morgan fingerprint density at radius 1 is 1.32 bits per heavy atom. The summed E-state index contributed by atoms with van der Waals surface area (Å²) in [5.41, 5.74) is 1.10. The van der Waals surface area contributed by atoms with Crippen LogP contribution in [0.25, 0.3) is 0 Å². The number of aryl methyl sites for hydroxylation is 1. The molecule has 0 radical (unpaired) electrons. The monoisotopic (exact) mass is 279 g/mol. The quantitative estimate of drug-likeness (QED) is 0.876. The van der Waals surface area contributed by atoms with E-state index < -0.39 is 10.0 Å². The number of rotatable bonds is 5. The molecule has 0 aliphatic rings. The SMILES string of the molecule is Cc1ncc(S(=O)(=O)NCC(C)c2ccccc2)[nH]1. The summed E-state index contributed by atoms with van der Waals surface area (Å²) in [4.78, 5) is 6.61. The number of aromatic amines is 1. The van der Waals surface area contributed by atoms with Gasteiger partial charge < -0.3 is 4.98 Å². The van der Waals surface area contributed by atoms with E-state index >= 15 is 0 Å². The lowest BCUT2D eigenvalue weighted by Gasteiger charge is -2.12. The maximum Gasteiger partial charge on any atom is 0.257 e. The van der Waals surface area contributed by atoms with Gasteiger partial charge in [-0.25, -0.2) is 18.1 Å². The van der Waals surface area contributed by atoms with Gasteiger partial charge in [0.1, 0.15) is 5.82 Å².